The highest BCUT2D eigenvalue weighted by atomic mass is 79.9. The van der Waals surface area contributed by atoms with E-state index in [1.165, 1.54) is 12.8 Å². The number of carbonyl (C=O) groups is 1. The van der Waals surface area contributed by atoms with Gasteiger partial charge in [0.05, 0.1) is 12.2 Å². The molecule has 1 fully saturated rings. The second-order valence-corrected chi connectivity index (χ2v) is 5.84. The predicted molar refractivity (Wildman–Crippen MR) is 80.0 cm³/mol. The third-order valence-corrected chi connectivity index (χ3v) is 4.03. The van der Waals surface area contributed by atoms with Crippen LogP contribution in [-0.2, 0) is 0 Å². The van der Waals surface area contributed by atoms with Crippen LogP contribution in [0.25, 0.3) is 0 Å². The summed E-state index contributed by atoms with van der Waals surface area (Å²) in [6.07, 6.45) is 3.55. The summed E-state index contributed by atoms with van der Waals surface area (Å²) in [5, 5.41) is 4.04. The SMILES string of the molecule is CCOc1ccccc1C(=O)NCC1(CCBr)CC1. The molecule has 0 heterocycles. The smallest absolute Gasteiger partial charge is 0.255 e. The largest absolute Gasteiger partial charge is 0.493 e. The van der Waals surface area contributed by atoms with Crippen molar-refractivity contribution in [2.45, 2.75) is 26.2 Å². The van der Waals surface area contributed by atoms with Crippen LogP contribution in [0.4, 0.5) is 0 Å². The van der Waals surface area contributed by atoms with Crippen molar-refractivity contribution in [3.8, 4) is 5.75 Å². The molecule has 1 aromatic rings. The van der Waals surface area contributed by atoms with Crippen LogP contribution < -0.4 is 10.1 Å². The van der Waals surface area contributed by atoms with Crippen LogP contribution in [-0.4, -0.2) is 24.4 Å². The zero-order valence-corrected chi connectivity index (χ0v) is 12.8. The standard InChI is InChI=1S/C15H20BrNO2/c1-2-19-13-6-4-3-5-12(13)14(18)17-11-15(7-8-15)9-10-16/h3-6H,2,7-11H2,1H3,(H,17,18). The van der Waals surface area contributed by atoms with Crippen LogP contribution in [0.1, 0.15) is 36.5 Å². The number of amides is 1. The Balaban J connectivity index is 1.96. The van der Waals surface area contributed by atoms with Crippen LogP contribution in [0.2, 0.25) is 0 Å². The Morgan fingerprint density at radius 1 is 1.42 bits per heavy atom. The summed E-state index contributed by atoms with van der Waals surface area (Å²) in [6.45, 7) is 3.25. The van der Waals surface area contributed by atoms with Crippen LogP contribution in [0, 0.1) is 5.41 Å². The van der Waals surface area contributed by atoms with Gasteiger partial charge in [-0.1, -0.05) is 28.1 Å². The molecule has 0 spiro atoms. The van der Waals surface area contributed by atoms with Gasteiger partial charge in [-0.05, 0) is 43.7 Å². The molecule has 1 saturated carbocycles. The second-order valence-electron chi connectivity index (χ2n) is 5.05. The second kappa shape index (κ2) is 6.42. The molecule has 0 saturated heterocycles. The van der Waals surface area contributed by atoms with E-state index in [1.54, 1.807) is 0 Å². The van der Waals surface area contributed by atoms with Crippen LogP contribution in [0.15, 0.2) is 24.3 Å². The highest BCUT2D eigenvalue weighted by Gasteiger charge is 2.41. The summed E-state index contributed by atoms with van der Waals surface area (Å²) in [5.74, 6) is 0.623. The molecule has 1 aromatic carbocycles. The van der Waals surface area contributed by atoms with E-state index in [2.05, 4.69) is 21.2 Å². The molecule has 19 heavy (non-hydrogen) atoms. The first kappa shape index (κ1) is 14.4. The first-order chi connectivity index (χ1) is 9.21. The van der Waals surface area contributed by atoms with Gasteiger partial charge in [-0.25, -0.2) is 0 Å². The zero-order valence-electron chi connectivity index (χ0n) is 11.2. The molecule has 0 unspecified atom stereocenters. The molecule has 0 radical (unpaired) electrons. The monoisotopic (exact) mass is 325 g/mol. The van der Waals surface area contributed by atoms with E-state index in [4.69, 9.17) is 4.74 Å². The Morgan fingerprint density at radius 3 is 2.79 bits per heavy atom. The number of ether oxygens (including phenoxy) is 1. The number of rotatable bonds is 7. The van der Waals surface area contributed by atoms with Gasteiger partial charge >= 0.3 is 0 Å². The molecule has 2 rings (SSSR count). The maximum absolute atomic E-state index is 12.2. The van der Waals surface area contributed by atoms with Crippen molar-refractivity contribution in [1.29, 1.82) is 0 Å². The Hall–Kier alpha value is -1.03. The Bertz CT molecular complexity index is 444. The first-order valence-corrected chi connectivity index (χ1v) is 7.89. The summed E-state index contributed by atoms with van der Waals surface area (Å²) < 4.78 is 5.48. The lowest BCUT2D eigenvalue weighted by Crippen LogP contribution is -2.30. The van der Waals surface area contributed by atoms with Gasteiger partial charge in [0.15, 0.2) is 0 Å². The molecule has 3 nitrogen and oxygen atoms in total. The number of nitrogens with one attached hydrogen (secondary N) is 1. The highest BCUT2D eigenvalue weighted by molar-refractivity contribution is 9.09. The summed E-state index contributed by atoms with van der Waals surface area (Å²) in [4.78, 5) is 12.2. The molecular formula is C15H20BrNO2. The first-order valence-electron chi connectivity index (χ1n) is 6.77. The molecule has 0 aliphatic heterocycles. The third-order valence-electron chi connectivity index (χ3n) is 3.64. The molecule has 1 N–H and O–H groups in total. The van der Waals surface area contributed by atoms with Crippen molar-refractivity contribution in [3.05, 3.63) is 29.8 Å². The number of carbonyl (C=O) groups excluding carboxylic acids is 1. The highest BCUT2D eigenvalue weighted by Crippen LogP contribution is 2.48. The Morgan fingerprint density at radius 2 is 2.16 bits per heavy atom. The summed E-state index contributed by atoms with van der Waals surface area (Å²) in [6, 6.07) is 7.39. The fourth-order valence-corrected chi connectivity index (χ4v) is 3.03. The summed E-state index contributed by atoms with van der Waals surface area (Å²) >= 11 is 3.48. The normalized spacial score (nSPS) is 15.9. The maximum Gasteiger partial charge on any atom is 0.255 e. The number of benzene rings is 1. The lowest BCUT2D eigenvalue weighted by atomic mass is 10.0. The van der Waals surface area contributed by atoms with E-state index in [0.29, 0.717) is 23.3 Å². The molecule has 0 aromatic heterocycles. The minimum atomic E-state index is -0.0371. The van der Waals surface area contributed by atoms with E-state index in [0.717, 1.165) is 18.3 Å². The van der Waals surface area contributed by atoms with Crippen molar-refractivity contribution < 1.29 is 9.53 Å². The summed E-state index contributed by atoms with van der Waals surface area (Å²) in [5.41, 5.74) is 0.957. The number of halogens is 1. The average molecular weight is 326 g/mol. The quantitative estimate of drug-likeness (QED) is 0.780. The van der Waals surface area contributed by atoms with Gasteiger partial charge in [0.25, 0.3) is 5.91 Å². The van der Waals surface area contributed by atoms with Gasteiger partial charge in [-0.3, -0.25) is 4.79 Å². The number of hydrogen-bond acceptors (Lipinski definition) is 2. The number of alkyl halides is 1. The summed E-state index contributed by atoms with van der Waals surface area (Å²) in [7, 11) is 0. The topological polar surface area (TPSA) is 38.3 Å². The van der Waals surface area contributed by atoms with E-state index < -0.39 is 0 Å². The van der Waals surface area contributed by atoms with Crippen molar-refractivity contribution in [1.82, 2.24) is 5.32 Å². The van der Waals surface area contributed by atoms with Crippen LogP contribution >= 0.6 is 15.9 Å². The minimum Gasteiger partial charge on any atom is -0.493 e. The van der Waals surface area contributed by atoms with Gasteiger partial charge in [0.1, 0.15) is 5.75 Å². The van der Waals surface area contributed by atoms with Gasteiger partial charge in [-0.2, -0.15) is 0 Å². The Labute approximate surface area is 122 Å². The Kier molecular flexibility index (Phi) is 4.86. The van der Waals surface area contributed by atoms with E-state index in [9.17, 15) is 4.79 Å². The predicted octanol–water partition coefficient (Wildman–Crippen LogP) is 3.38. The lowest BCUT2D eigenvalue weighted by Gasteiger charge is -2.15. The van der Waals surface area contributed by atoms with Gasteiger partial charge in [0.2, 0.25) is 0 Å². The number of para-hydroxylation sites is 1. The third kappa shape index (κ3) is 3.72. The van der Waals surface area contributed by atoms with E-state index >= 15 is 0 Å². The van der Waals surface area contributed by atoms with Gasteiger partial charge in [-0.15, -0.1) is 0 Å². The fraction of sp³-hybridized carbons (Fsp3) is 0.533. The fourth-order valence-electron chi connectivity index (χ4n) is 2.19. The molecule has 104 valence electrons. The minimum absolute atomic E-state index is 0.0371. The van der Waals surface area contributed by atoms with Gasteiger partial charge < -0.3 is 10.1 Å². The zero-order chi connectivity index (χ0) is 13.7. The van der Waals surface area contributed by atoms with Crippen molar-refractivity contribution in [2.24, 2.45) is 5.41 Å². The van der Waals surface area contributed by atoms with Crippen molar-refractivity contribution in [3.63, 3.8) is 0 Å². The van der Waals surface area contributed by atoms with Crippen molar-refractivity contribution in [2.75, 3.05) is 18.5 Å². The van der Waals surface area contributed by atoms with Gasteiger partial charge in [0, 0.05) is 11.9 Å². The van der Waals surface area contributed by atoms with Crippen LogP contribution in [0.3, 0.4) is 0 Å². The van der Waals surface area contributed by atoms with E-state index in [1.807, 2.05) is 31.2 Å². The lowest BCUT2D eigenvalue weighted by molar-refractivity contribution is 0.0940. The molecule has 1 amide bonds. The van der Waals surface area contributed by atoms with Crippen molar-refractivity contribution >= 4 is 21.8 Å². The van der Waals surface area contributed by atoms with E-state index in [-0.39, 0.29) is 5.91 Å². The molecule has 1 aliphatic carbocycles. The maximum atomic E-state index is 12.2. The average Bonchev–Trinajstić information content (AvgIpc) is 3.18. The molecular weight excluding hydrogens is 306 g/mol. The molecule has 4 heteroatoms. The van der Waals surface area contributed by atoms with Crippen LogP contribution in [0.5, 0.6) is 5.75 Å². The molecule has 1 aliphatic rings. The molecule has 0 atom stereocenters. The molecule has 0 bridgehead atoms. The number of hydrogen-bond donors (Lipinski definition) is 1.